The average Bonchev–Trinajstić information content (AvgIpc) is 2.50. The summed E-state index contributed by atoms with van der Waals surface area (Å²) in [4.78, 5) is 45.7. The number of rotatable bonds is 6. The van der Waals surface area contributed by atoms with Gasteiger partial charge < -0.3 is 23.7 Å². The van der Waals surface area contributed by atoms with Gasteiger partial charge in [0, 0.05) is 20.8 Å². The van der Waals surface area contributed by atoms with E-state index in [1.165, 1.54) is 20.8 Å². The molecule has 5 unspecified atom stereocenters. The quantitative estimate of drug-likeness (QED) is 0.195. The summed E-state index contributed by atoms with van der Waals surface area (Å²) in [6.07, 6.45) is -4.05. The van der Waals surface area contributed by atoms with Crippen molar-refractivity contribution in [3.63, 3.8) is 0 Å². The number of hydrogen-bond acceptors (Lipinski definition) is 9. The summed E-state index contributed by atoms with van der Waals surface area (Å²) in [7, 11) is 0. The van der Waals surface area contributed by atoms with E-state index in [4.69, 9.17) is 23.7 Å². The maximum absolute atomic E-state index is 11.7. The number of ether oxygens (including phenoxy) is 5. The van der Waals surface area contributed by atoms with Crippen molar-refractivity contribution in [3.05, 3.63) is 0 Å². The van der Waals surface area contributed by atoms with Gasteiger partial charge in [-0.2, -0.15) is 0 Å². The Morgan fingerprint density at radius 1 is 0.880 bits per heavy atom. The van der Waals surface area contributed by atoms with E-state index in [1.54, 1.807) is 0 Å². The third-order valence-electron chi connectivity index (χ3n) is 3.01. The van der Waals surface area contributed by atoms with Crippen LogP contribution in [0, 0.1) is 0 Å². The highest BCUT2D eigenvalue weighted by Crippen LogP contribution is 2.32. The first-order valence-corrected chi connectivity index (χ1v) is 9.95. The summed E-state index contributed by atoms with van der Waals surface area (Å²) in [6.45, 7) is 3.37. The zero-order valence-electron chi connectivity index (χ0n) is 13.7. The SMILES string of the molecule is CC(=O)OCC1OC(I)C(OC(=O)CI)C(OC(C)=O)C1OC(C)=O. The van der Waals surface area contributed by atoms with Crippen LogP contribution in [0.4, 0.5) is 0 Å². The largest absolute Gasteiger partial charge is 0.463 e. The Labute approximate surface area is 171 Å². The Morgan fingerprint density at radius 3 is 1.92 bits per heavy atom. The Kier molecular flexibility index (Phi) is 9.34. The molecule has 11 heteroatoms. The number of esters is 4. The molecule has 0 radical (unpaired) electrons. The highest BCUT2D eigenvalue weighted by Gasteiger charge is 2.51. The third kappa shape index (κ3) is 7.21. The first-order valence-electron chi connectivity index (χ1n) is 7.18. The molecule has 0 amide bonds. The normalized spacial score (nSPS) is 28.6. The van der Waals surface area contributed by atoms with E-state index in [9.17, 15) is 19.2 Å². The molecule has 1 aliphatic rings. The molecule has 0 aromatic rings. The molecular formula is C14H18I2O9. The number of carbonyl (C=O) groups is 4. The Bertz CT molecular complexity index is 524. The number of carbonyl (C=O) groups excluding carboxylic acids is 4. The van der Waals surface area contributed by atoms with Crippen LogP contribution in [0.15, 0.2) is 0 Å². The monoisotopic (exact) mass is 584 g/mol. The molecule has 142 valence electrons. The fraction of sp³-hybridized carbons (Fsp3) is 0.714. The molecule has 9 nitrogen and oxygen atoms in total. The third-order valence-corrected chi connectivity index (χ3v) is 4.63. The smallest absolute Gasteiger partial charge is 0.316 e. The summed E-state index contributed by atoms with van der Waals surface area (Å²) in [5.41, 5.74) is 0. The van der Waals surface area contributed by atoms with Crippen molar-refractivity contribution in [1.29, 1.82) is 0 Å². The second-order valence-corrected chi connectivity index (χ2v) is 7.05. The molecule has 0 aromatic heterocycles. The first-order chi connectivity index (χ1) is 11.6. The van der Waals surface area contributed by atoms with Gasteiger partial charge >= 0.3 is 23.9 Å². The maximum Gasteiger partial charge on any atom is 0.316 e. The molecule has 0 saturated carbocycles. The summed E-state index contributed by atoms with van der Waals surface area (Å²) in [5, 5.41) is 0. The van der Waals surface area contributed by atoms with Gasteiger partial charge in [-0.05, 0) is 22.6 Å². The second-order valence-electron chi connectivity index (χ2n) is 5.06. The van der Waals surface area contributed by atoms with Gasteiger partial charge in [0.15, 0.2) is 18.3 Å². The molecular weight excluding hydrogens is 566 g/mol. The molecule has 0 aliphatic carbocycles. The molecule has 0 aromatic carbocycles. The van der Waals surface area contributed by atoms with Gasteiger partial charge in [0.2, 0.25) is 0 Å². The van der Waals surface area contributed by atoms with Crippen LogP contribution < -0.4 is 0 Å². The van der Waals surface area contributed by atoms with E-state index >= 15 is 0 Å². The van der Waals surface area contributed by atoms with E-state index in [-0.39, 0.29) is 11.0 Å². The zero-order chi connectivity index (χ0) is 19.1. The average molecular weight is 584 g/mol. The minimum absolute atomic E-state index is 0.0829. The van der Waals surface area contributed by atoms with Crippen LogP contribution in [0.25, 0.3) is 0 Å². The first kappa shape index (κ1) is 22.3. The minimum Gasteiger partial charge on any atom is -0.463 e. The molecule has 0 N–H and O–H groups in total. The lowest BCUT2D eigenvalue weighted by molar-refractivity contribution is -0.234. The Hall–Kier alpha value is -0.700. The molecule has 1 heterocycles. The van der Waals surface area contributed by atoms with Crippen molar-refractivity contribution in [2.75, 3.05) is 11.0 Å². The predicted molar refractivity (Wildman–Crippen MR) is 99.2 cm³/mol. The van der Waals surface area contributed by atoms with Crippen molar-refractivity contribution < 1.29 is 42.9 Å². The van der Waals surface area contributed by atoms with Gasteiger partial charge in [0.25, 0.3) is 0 Å². The van der Waals surface area contributed by atoms with E-state index in [1.807, 2.05) is 45.2 Å². The molecule has 1 aliphatic heterocycles. The molecule has 25 heavy (non-hydrogen) atoms. The lowest BCUT2D eigenvalue weighted by Crippen LogP contribution is -2.61. The van der Waals surface area contributed by atoms with Gasteiger partial charge in [-0.3, -0.25) is 19.2 Å². The van der Waals surface area contributed by atoms with Crippen LogP contribution in [0.2, 0.25) is 0 Å². The van der Waals surface area contributed by atoms with Crippen molar-refractivity contribution in [3.8, 4) is 0 Å². The molecule has 5 atom stereocenters. The fourth-order valence-electron chi connectivity index (χ4n) is 2.17. The van der Waals surface area contributed by atoms with Gasteiger partial charge in [-0.15, -0.1) is 0 Å². The van der Waals surface area contributed by atoms with Gasteiger partial charge in [0.05, 0.1) is 4.43 Å². The second kappa shape index (κ2) is 10.4. The summed E-state index contributed by atoms with van der Waals surface area (Å²) in [6, 6.07) is 0. The molecule has 1 rings (SSSR count). The maximum atomic E-state index is 11.7. The van der Waals surface area contributed by atoms with E-state index in [0.717, 1.165) is 0 Å². The van der Waals surface area contributed by atoms with E-state index in [0.29, 0.717) is 0 Å². The summed E-state index contributed by atoms with van der Waals surface area (Å²) < 4.78 is 25.7. The van der Waals surface area contributed by atoms with Gasteiger partial charge in [0.1, 0.15) is 16.8 Å². The van der Waals surface area contributed by atoms with E-state index < -0.39 is 52.4 Å². The number of halogens is 2. The van der Waals surface area contributed by atoms with Gasteiger partial charge in [-0.1, -0.05) is 22.6 Å². The van der Waals surface area contributed by atoms with Crippen molar-refractivity contribution >= 4 is 69.1 Å². The Balaban J connectivity index is 3.12. The summed E-state index contributed by atoms with van der Waals surface area (Å²) >= 11 is 3.70. The zero-order valence-corrected chi connectivity index (χ0v) is 18.0. The summed E-state index contributed by atoms with van der Waals surface area (Å²) in [5.74, 6) is -2.37. The molecule has 1 fully saturated rings. The van der Waals surface area contributed by atoms with Gasteiger partial charge in [-0.25, -0.2) is 0 Å². The Morgan fingerprint density at radius 2 is 1.44 bits per heavy atom. The number of alkyl halides is 2. The van der Waals surface area contributed by atoms with Crippen LogP contribution in [-0.2, 0) is 42.9 Å². The topological polar surface area (TPSA) is 114 Å². The van der Waals surface area contributed by atoms with Crippen molar-refractivity contribution in [1.82, 2.24) is 0 Å². The lowest BCUT2D eigenvalue weighted by Gasteiger charge is -2.42. The highest BCUT2D eigenvalue weighted by molar-refractivity contribution is 14.1. The van der Waals surface area contributed by atoms with Crippen molar-refractivity contribution in [2.45, 2.75) is 49.3 Å². The van der Waals surface area contributed by atoms with Crippen molar-refractivity contribution in [2.24, 2.45) is 0 Å². The van der Waals surface area contributed by atoms with E-state index in [2.05, 4.69) is 0 Å². The van der Waals surface area contributed by atoms with Crippen LogP contribution in [0.1, 0.15) is 20.8 Å². The predicted octanol–water partition coefficient (Wildman–Crippen LogP) is 0.920. The van der Waals surface area contributed by atoms with Crippen LogP contribution in [-0.4, -0.2) is 63.4 Å². The van der Waals surface area contributed by atoms with Crippen LogP contribution in [0.3, 0.4) is 0 Å². The van der Waals surface area contributed by atoms with Crippen LogP contribution >= 0.6 is 45.2 Å². The standard InChI is InChI=1S/C14H18I2O9/c1-6(17)21-5-9-11(22-7(2)18)12(23-8(3)19)13(14(16)24-9)25-10(20)4-15/h9,11-14H,4-5H2,1-3H3. The minimum atomic E-state index is -1.10. The lowest BCUT2D eigenvalue weighted by atomic mass is 9.99. The number of hydrogen-bond donors (Lipinski definition) is 0. The van der Waals surface area contributed by atoms with Crippen LogP contribution in [0.5, 0.6) is 0 Å². The molecule has 0 bridgehead atoms. The fourth-order valence-corrected chi connectivity index (χ4v) is 3.28. The molecule has 1 saturated heterocycles. The molecule has 0 spiro atoms. The highest BCUT2D eigenvalue weighted by atomic mass is 127.